The summed E-state index contributed by atoms with van der Waals surface area (Å²) >= 11 is 0. The molecule has 0 bridgehead atoms. The molecule has 3 rings (SSSR count). The SMILES string of the molecule is CN=C(NCCc1c[nH]c2ccccc12)NCc1cc(C(=O)OC)c(C)o1.I. The van der Waals surface area contributed by atoms with Gasteiger partial charge in [-0.3, -0.25) is 4.99 Å². The number of hydrogen-bond acceptors (Lipinski definition) is 4. The number of ether oxygens (including phenoxy) is 1. The second-order valence-corrected chi connectivity index (χ2v) is 6.14. The van der Waals surface area contributed by atoms with Crippen LogP contribution >= 0.6 is 24.0 Å². The minimum absolute atomic E-state index is 0. The number of esters is 1. The first-order valence-corrected chi connectivity index (χ1v) is 8.79. The fourth-order valence-corrected chi connectivity index (χ4v) is 2.99. The zero-order chi connectivity index (χ0) is 19.2. The van der Waals surface area contributed by atoms with Crippen molar-refractivity contribution in [3.05, 3.63) is 59.2 Å². The van der Waals surface area contributed by atoms with E-state index in [9.17, 15) is 4.79 Å². The number of carbonyl (C=O) groups is 1. The number of H-pyrrole nitrogens is 1. The number of carbonyl (C=O) groups excluding carboxylic acids is 1. The minimum Gasteiger partial charge on any atom is -0.465 e. The van der Waals surface area contributed by atoms with Gasteiger partial charge in [0.15, 0.2) is 5.96 Å². The summed E-state index contributed by atoms with van der Waals surface area (Å²) in [4.78, 5) is 19.2. The van der Waals surface area contributed by atoms with E-state index >= 15 is 0 Å². The molecule has 3 aromatic rings. The van der Waals surface area contributed by atoms with Crippen molar-refractivity contribution < 1.29 is 13.9 Å². The van der Waals surface area contributed by atoms with Gasteiger partial charge in [0.2, 0.25) is 0 Å². The Morgan fingerprint density at radius 3 is 2.82 bits per heavy atom. The van der Waals surface area contributed by atoms with E-state index in [0.29, 0.717) is 29.6 Å². The van der Waals surface area contributed by atoms with E-state index in [0.717, 1.165) is 18.5 Å². The predicted octanol–water partition coefficient (Wildman–Crippen LogP) is 3.38. The predicted molar refractivity (Wildman–Crippen MR) is 120 cm³/mol. The highest BCUT2D eigenvalue weighted by molar-refractivity contribution is 14.0. The normalized spacial score (nSPS) is 11.2. The summed E-state index contributed by atoms with van der Waals surface area (Å²) in [5.41, 5.74) is 2.85. The number of hydrogen-bond donors (Lipinski definition) is 3. The van der Waals surface area contributed by atoms with E-state index in [-0.39, 0.29) is 24.0 Å². The van der Waals surface area contributed by atoms with Gasteiger partial charge in [0.25, 0.3) is 0 Å². The summed E-state index contributed by atoms with van der Waals surface area (Å²) in [7, 11) is 3.07. The van der Waals surface area contributed by atoms with Crippen molar-refractivity contribution in [3.63, 3.8) is 0 Å². The van der Waals surface area contributed by atoms with E-state index in [1.165, 1.54) is 18.1 Å². The third-order valence-corrected chi connectivity index (χ3v) is 4.39. The number of benzene rings is 1. The Morgan fingerprint density at radius 2 is 2.07 bits per heavy atom. The van der Waals surface area contributed by atoms with Crippen LogP contribution in [0.5, 0.6) is 0 Å². The molecule has 0 atom stereocenters. The van der Waals surface area contributed by atoms with Gasteiger partial charge in [-0.05, 0) is 31.0 Å². The number of guanidine groups is 1. The molecule has 2 aromatic heterocycles. The summed E-state index contributed by atoms with van der Waals surface area (Å²) in [6, 6.07) is 9.94. The molecule has 0 radical (unpaired) electrons. The molecule has 0 amide bonds. The van der Waals surface area contributed by atoms with Gasteiger partial charge in [-0.1, -0.05) is 18.2 Å². The summed E-state index contributed by atoms with van der Waals surface area (Å²) in [5.74, 6) is 1.46. The summed E-state index contributed by atoms with van der Waals surface area (Å²) in [6.45, 7) is 2.90. The maximum absolute atomic E-state index is 11.6. The Hall–Kier alpha value is -2.49. The quantitative estimate of drug-likeness (QED) is 0.211. The number of halogens is 1. The summed E-state index contributed by atoms with van der Waals surface area (Å²) < 4.78 is 10.3. The minimum atomic E-state index is -0.399. The van der Waals surface area contributed by atoms with Gasteiger partial charge in [0.1, 0.15) is 17.1 Å². The molecule has 0 aliphatic rings. The Kier molecular flexibility index (Phi) is 7.91. The molecule has 28 heavy (non-hydrogen) atoms. The fourth-order valence-electron chi connectivity index (χ4n) is 2.99. The van der Waals surface area contributed by atoms with Crippen molar-refractivity contribution in [2.75, 3.05) is 20.7 Å². The molecule has 150 valence electrons. The molecule has 8 heteroatoms. The van der Waals surface area contributed by atoms with Gasteiger partial charge >= 0.3 is 5.97 Å². The summed E-state index contributed by atoms with van der Waals surface area (Å²) in [6.07, 6.45) is 2.92. The van der Waals surface area contributed by atoms with Crippen LogP contribution in [0.1, 0.15) is 27.4 Å². The van der Waals surface area contributed by atoms with Crippen molar-refractivity contribution in [1.29, 1.82) is 0 Å². The second kappa shape index (κ2) is 10.2. The van der Waals surface area contributed by atoms with Gasteiger partial charge in [-0.15, -0.1) is 24.0 Å². The van der Waals surface area contributed by atoms with Crippen molar-refractivity contribution in [2.24, 2.45) is 4.99 Å². The Balaban J connectivity index is 0.00000280. The number of aromatic nitrogens is 1. The second-order valence-electron chi connectivity index (χ2n) is 6.14. The number of nitrogens with zero attached hydrogens (tertiary/aromatic N) is 1. The number of fused-ring (bicyclic) bond motifs is 1. The zero-order valence-electron chi connectivity index (χ0n) is 16.2. The van der Waals surface area contributed by atoms with Gasteiger partial charge in [-0.2, -0.15) is 0 Å². The lowest BCUT2D eigenvalue weighted by Gasteiger charge is -2.10. The fraction of sp³-hybridized carbons (Fsp3) is 0.300. The highest BCUT2D eigenvalue weighted by Crippen LogP contribution is 2.18. The van der Waals surface area contributed by atoms with Crippen LogP contribution in [0.3, 0.4) is 0 Å². The van der Waals surface area contributed by atoms with E-state index < -0.39 is 5.97 Å². The number of rotatable bonds is 6. The molecular weight excluding hydrogens is 471 g/mol. The molecule has 0 spiro atoms. The van der Waals surface area contributed by atoms with E-state index in [1.807, 2.05) is 18.3 Å². The highest BCUT2D eigenvalue weighted by Gasteiger charge is 2.15. The Labute approximate surface area is 181 Å². The van der Waals surface area contributed by atoms with Crippen molar-refractivity contribution in [2.45, 2.75) is 19.9 Å². The van der Waals surface area contributed by atoms with Crippen LogP contribution in [0.2, 0.25) is 0 Å². The molecule has 7 nitrogen and oxygen atoms in total. The maximum atomic E-state index is 11.6. The third kappa shape index (κ3) is 5.06. The number of furan rings is 1. The molecule has 0 saturated carbocycles. The van der Waals surface area contributed by atoms with Gasteiger partial charge in [0.05, 0.1) is 13.7 Å². The lowest BCUT2D eigenvalue weighted by Crippen LogP contribution is -2.37. The molecular formula is C20H25IN4O3. The van der Waals surface area contributed by atoms with Crippen LogP contribution in [-0.4, -0.2) is 37.6 Å². The Morgan fingerprint density at radius 1 is 1.29 bits per heavy atom. The van der Waals surface area contributed by atoms with Crippen LogP contribution in [-0.2, 0) is 17.7 Å². The molecule has 0 fully saturated rings. The Bertz CT molecular complexity index is 961. The van der Waals surface area contributed by atoms with Crippen LogP contribution in [0.15, 0.2) is 45.9 Å². The number of aromatic amines is 1. The molecule has 0 unspecified atom stereocenters. The van der Waals surface area contributed by atoms with Crippen molar-refractivity contribution in [3.8, 4) is 0 Å². The van der Waals surface area contributed by atoms with E-state index in [2.05, 4.69) is 32.7 Å². The maximum Gasteiger partial charge on any atom is 0.341 e. The highest BCUT2D eigenvalue weighted by atomic mass is 127. The van der Waals surface area contributed by atoms with E-state index in [1.54, 1.807) is 20.0 Å². The van der Waals surface area contributed by atoms with Crippen LogP contribution in [0, 0.1) is 6.92 Å². The number of methoxy groups -OCH3 is 1. The largest absolute Gasteiger partial charge is 0.465 e. The monoisotopic (exact) mass is 496 g/mol. The average Bonchev–Trinajstić information content (AvgIpc) is 3.27. The van der Waals surface area contributed by atoms with Crippen molar-refractivity contribution >= 4 is 46.8 Å². The molecule has 0 aliphatic carbocycles. The molecule has 2 heterocycles. The first-order valence-electron chi connectivity index (χ1n) is 8.79. The number of nitrogens with one attached hydrogen (secondary N) is 3. The number of aryl methyl sites for hydroxylation is 1. The van der Waals surface area contributed by atoms with E-state index in [4.69, 9.17) is 9.15 Å². The third-order valence-electron chi connectivity index (χ3n) is 4.39. The molecule has 0 saturated heterocycles. The standard InChI is InChI=1S/C20H24N4O3.HI/c1-13-17(19(25)26-3)10-15(27-13)12-24-20(21-2)22-9-8-14-11-23-18-7-5-4-6-16(14)18;/h4-7,10-11,23H,8-9,12H2,1-3H3,(H2,21,22,24);1H. The van der Waals surface area contributed by atoms with Crippen LogP contribution in [0.4, 0.5) is 0 Å². The lowest BCUT2D eigenvalue weighted by atomic mass is 10.1. The van der Waals surface area contributed by atoms with Crippen molar-refractivity contribution in [1.82, 2.24) is 15.6 Å². The van der Waals surface area contributed by atoms with Crippen LogP contribution < -0.4 is 10.6 Å². The molecule has 0 aliphatic heterocycles. The molecule has 1 aromatic carbocycles. The summed E-state index contributed by atoms with van der Waals surface area (Å²) in [5, 5.41) is 7.71. The number of para-hydroxylation sites is 1. The molecule has 3 N–H and O–H groups in total. The smallest absolute Gasteiger partial charge is 0.341 e. The topological polar surface area (TPSA) is 91.7 Å². The first kappa shape index (κ1) is 21.8. The van der Waals surface area contributed by atoms with Gasteiger partial charge in [-0.25, -0.2) is 4.79 Å². The van der Waals surface area contributed by atoms with Gasteiger partial charge < -0.3 is 24.8 Å². The number of aliphatic imine (C=N–C) groups is 1. The van der Waals surface area contributed by atoms with Gasteiger partial charge in [0, 0.05) is 30.7 Å². The lowest BCUT2D eigenvalue weighted by molar-refractivity contribution is 0.0599. The van der Waals surface area contributed by atoms with Crippen LogP contribution in [0.25, 0.3) is 10.9 Å². The zero-order valence-corrected chi connectivity index (χ0v) is 18.5. The first-order chi connectivity index (χ1) is 13.1. The average molecular weight is 496 g/mol.